The van der Waals surface area contributed by atoms with Gasteiger partial charge in [-0.25, -0.2) is 9.07 Å². The van der Waals surface area contributed by atoms with Gasteiger partial charge < -0.3 is 4.74 Å². The van der Waals surface area contributed by atoms with Crippen LogP contribution in [0.15, 0.2) is 48.8 Å². The molecule has 0 aliphatic carbocycles. The number of halogens is 1. The third-order valence-electron chi connectivity index (χ3n) is 5.23. The highest BCUT2D eigenvalue weighted by molar-refractivity contribution is 7.71. The second kappa shape index (κ2) is 8.52. The summed E-state index contributed by atoms with van der Waals surface area (Å²) >= 11 is 5.80. The first-order valence-electron chi connectivity index (χ1n) is 9.78. The van der Waals surface area contributed by atoms with E-state index in [9.17, 15) is 4.39 Å². The first-order valence-corrected chi connectivity index (χ1v) is 10.2. The van der Waals surface area contributed by atoms with Crippen molar-refractivity contribution >= 4 is 12.2 Å². The third kappa shape index (κ3) is 4.14. The van der Waals surface area contributed by atoms with E-state index in [2.05, 4.69) is 23.7 Å². The van der Waals surface area contributed by atoms with Crippen LogP contribution >= 0.6 is 12.2 Å². The second-order valence-electron chi connectivity index (χ2n) is 7.27. The largest absolute Gasteiger partial charge is 0.376 e. The summed E-state index contributed by atoms with van der Waals surface area (Å²) in [5.74, 6) is 0.421. The summed E-state index contributed by atoms with van der Waals surface area (Å²) in [5.41, 5.74) is 1.67. The molecule has 0 unspecified atom stereocenters. The maximum absolute atomic E-state index is 13.5. The molecule has 0 N–H and O–H groups in total. The molecule has 3 heterocycles. The molecule has 29 heavy (non-hydrogen) atoms. The number of morpholine rings is 1. The van der Waals surface area contributed by atoms with Crippen LogP contribution in [-0.4, -0.2) is 49.5 Å². The van der Waals surface area contributed by atoms with Crippen LogP contribution in [0, 0.1) is 10.6 Å². The molecule has 2 atom stereocenters. The summed E-state index contributed by atoms with van der Waals surface area (Å²) in [5, 5.41) is 4.84. The molecule has 2 aromatic heterocycles. The minimum Gasteiger partial charge on any atom is -0.376 e. The fourth-order valence-electron chi connectivity index (χ4n) is 3.64. The lowest BCUT2D eigenvalue weighted by Crippen LogP contribution is -2.49. The lowest BCUT2D eigenvalue weighted by atomic mass is 10.1. The van der Waals surface area contributed by atoms with Crippen LogP contribution in [0.25, 0.3) is 17.1 Å². The van der Waals surface area contributed by atoms with Crippen LogP contribution < -0.4 is 0 Å². The van der Waals surface area contributed by atoms with Crippen LogP contribution in [0.2, 0.25) is 0 Å². The predicted molar refractivity (Wildman–Crippen MR) is 112 cm³/mol. The number of benzene rings is 1. The van der Waals surface area contributed by atoms with E-state index in [4.69, 9.17) is 22.1 Å². The van der Waals surface area contributed by atoms with Gasteiger partial charge in [-0.15, -0.1) is 5.10 Å². The zero-order valence-corrected chi connectivity index (χ0v) is 17.3. The Hall–Kier alpha value is -2.42. The molecule has 6 nitrogen and oxygen atoms in total. The number of hydrogen-bond acceptors (Lipinski definition) is 5. The highest BCUT2D eigenvalue weighted by atomic mass is 32.1. The highest BCUT2D eigenvalue weighted by Gasteiger charge is 2.27. The number of ether oxygens (including phenoxy) is 1. The molecular formula is C21H24FN5OS. The Morgan fingerprint density at radius 1 is 1.17 bits per heavy atom. The van der Waals surface area contributed by atoms with Gasteiger partial charge in [-0.1, -0.05) is 6.92 Å². The lowest BCUT2D eigenvalue weighted by molar-refractivity contribution is -0.0689. The van der Waals surface area contributed by atoms with Crippen molar-refractivity contribution in [2.75, 3.05) is 13.2 Å². The molecule has 1 aliphatic rings. The highest BCUT2D eigenvalue weighted by Crippen LogP contribution is 2.23. The zero-order valence-electron chi connectivity index (χ0n) is 16.5. The monoisotopic (exact) mass is 413 g/mol. The fraction of sp³-hybridized carbons (Fsp3) is 0.381. The molecule has 1 fully saturated rings. The minimum atomic E-state index is -0.286. The topological polar surface area (TPSA) is 48.1 Å². The maximum Gasteiger partial charge on any atom is 0.204 e. The van der Waals surface area contributed by atoms with Crippen molar-refractivity contribution in [3.05, 3.63) is 59.4 Å². The first-order chi connectivity index (χ1) is 14.1. The van der Waals surface area contributed by atoms with Gasteiger partial charge in [0, 0.05) is 30.5 Å². The van der Waals surface area contributed by atoms with Crippen LogP contribution in [0.1, 0.15) is 20.3 Å². The summed E-state index contributed by atoms with van der Waals surface area (Å²) in [6.07, 6.45) is 4.62. The van der Waals surface area contributed by atoms with E-state index in [0.29, 0.717) is 29.9 Å². The van der Waals surface area contributed by atoms with Gasteiger partial charge in [-0.3, -0.25) is 14.5 Å². The van der Waals surface area contributed by atoms with Gasteiger partial charge in [0.15, 0.2) is 5.82 Å². The molecule has 1 saturated heterocycles. The van der Waals surface area contributed by atoms with Crippen molar-refractivity contribution < 1.29 is 9.13 Å². The average molecular weight is 414 g/mol. The van der Waals surface area contributed by atoms with E-state index in [1.165, 1.54) is 12.1 Å². The van der Waals surface area contributed by atoms with E-state index in [1.807, 2.05) is 21.4 Å². The summed E-state index contributed by atoms with van der Waals surface area (Å²) in [4.78, 5) is 6.46. The Kier molecular flexibility index (Phi) is 5.84. The van der Waals surface area contributed by atoms with Crippen LogP contribution in [0.4, 0.5) is 4.39 Å². The molecule has 4 rings (SSSR count). The molecule has 3 aromatic rings. The molecule has 1 aromatic carbocycles. The molecule has 8 heteroatoms. The Morgan fingerprint density at radius 3 is 2.59 bits per heavy atom. The average Bonchev–Trinajstić information content (AvgIpc) is 3.06. The van der Waals surface area contributed by atoms with Gasteiger partial charge in [-0.05, 0) is 62.0 Å². The van der Waals surface area contributed by atoms with E-state index in [1.54, 1.807) is 24.5 Å². The van der Waals surface area contributed by atoms with Crippen molar-refractivity contribution in [1.29, 1.82) is 0 Å². The van der Waals surface area contributed by atoms with Crippen molar-refractivity contribution in [2.45, 2.75) is 39.1 Å². The molecule has 0 spiro atoms. The van der Waals surface area contributed by atoms with Gasteiger partial charge in [0.05, 0.1) is 25.1 Å². The molecule has 0 saturated carbocycles. The number of aromatic nitrogens is 4. The maximum atomic E-state index is 13.5. The summed E-state index contributed by atoms with van der Waals surface area (Å²) in [7, 11) is 0. The summed E-state index contributed by atoms with van der Waals surface area (Å²) in [6.45, 7) is 6.36. The van der Waals surface area contributed by atoms with E-state index in [0.717, 1.165) is 24.2 Å². The van der Waals surface area contributed by atoms with Gasteiger partial charge in [0.1, 0.15) is 5.82 Å². The van der Waals surface area contributed by atoms with Crippen LogP contribution in [-0.2, 0) is 11.4 Å². The summed E-state index contributed by atoms with van der Waals surface area (Å²) < 4.78 is 23.6. The Labute approximate surface area is 174 Å². The quantitative estimate of drug-likeness (QED) is 0.591. The lowest BCUT2D eigenvalue weighted by Gasteiger charge is -2.37. The minimum absolute atomic E-state index is 0.172. The number of nitrogens with zero attached hydrogens (tertiary/aromatic N) is 5. The van der Waals surface area contributed by atoms with Crippen molar-refractivity contribution in [3.63, 3.8) is 0 Å². The molecule has 0 bridgehead atoms. The van der Waals surface area contributed by atoms with Crippen molar-refractivity contribution in [2.24, 2.45) is 0 Å². The third-order valence-corrected chi connectivity index (χ3v) is 5.62. The Morgan fingerprint density at radius 2 is 1.90 bits per heavy atom. The normalized spacial score (nSPS) is 20.1. The summed E-state index contributed by atoms with van der Waals surface area (Å²) in [6, 6.07) is 10.4. The zero-order chi connectivity index (χ0) is 20.4. The fourth-order valence-corrected chi connectivity index (χ4v) is 3.94. The molecule has 0 radical (unpaired) electrons. The van der Waals surface area contributed by atoms with Gasteiger partial charge in [-0.2, -0.15) is 0 Å². The number of hydrogen-bond donors (Lipinski definition) is 0. The Balaban J connectivity index is 1.77. The van der Waals surface area contributed by atoms with E-state index >= 15 is 0 Å². The molecule has 0 amide bonds. The standard InChI is InChI=1S/C21H24FN5OS/c1-3-18-13-28-15(2)12-25(18)14-26-21(29)27(19-6-4-17(22)5-7-19)20(24-26)16-8-10-23-11-9-16/h4-11,15,18H,3,12-14H2,1-2H3/t15-,18+/m1/s1. The van der Waals surface area contributed by atoms with Crippen LogP contribution in [0.5, 0.6) is 0 Å². The van der Waals surface area contributed by atoms with Crippen LogP contribution in [0.3, 0.4) is 0 Å². The number of pyridine rings is 1. The number of rotatable bonds is 5. The van der Waals surface area contributed by atoms with Gasteiger partial charge in [0.2, 0.25) is 4.77 Å². The van der Waals surface area contributed by atoms with Gasteiger partial charge in [0.25, 0.3) is 0 Å². The predicted octanol–water partition coefficient (Wildman–Crippen LogP) is 4.06. The Bertz CT molecular complexity index is 1020. The SMILES string of the molecule is CC[C@H]1CO[C@H](C)CN1Cn1nc(-c2ccncc2)n(-c2ccc(F)cc2)c1=S. The van der Waals surface area contributed by atoms with E-state index < -0.39 is 0 Å². The first kappa shape index (κ1) is 19.9. The molecular weight excluding hydrogens is 389 g/mol. The van der Waals surface area contributed by atoms with Crippen molar-refractivity contribution in [3.8, 4) is 17.1 Å². The molecule has 1 aliphatic heterocycles. The van der Waals surface area contributed by atoms with E-state index in [-0.39, 0.29) is 11.9 Å². The van der Waals surface area contributed by atoms with Crippen molar-refractivity contribution in [1.82, 2.24) is 24.2 Å². The smallest absolute Gasteiger partial charge is 0.204 e. The second-order valence-corrected chi connectivity index (χ2v) is 7.64. The van der Waals surface area contributed by atoms with Gasteiger partial charge >= 0.3 is 0 Å². The molecule has 152 valence electrons.